The maximum atomic E-state index is 13.9. The lowest BCUT2D eigenvalue weighted by Gasteiger charge is -2.49. The Bertz CT molecular complexity index is 949. The number of aromatic nitrogens is 2. The molecule has 3 aliphatic heterocycles. The zero-order chi connectivity index (χ0) is 22.3. The van der Waals surface area contributed by atoms with E-state index in [1.54, 1.807) is 25.3 Å². The first kappa shape index (κ1) is 21.6. The summed E-state index contributed by atoms with van der Waals surface area (Å²) in [6.45, 7) is 4.75. The van der Waals surface area contributed by atoms with Gasteiger partial charge in [0.15, 0.2) is 0 Å². The van der Waals surface area contributed by atoms with Gasteiger partial charge in [0.25, 0.3) is 0 Å². The molecule has 0 aliphatic carbocycles. The zero-order valence-electron chi connectivity index (χ0n) is 19.0. The second kappa shape index (κ2) is 8.60. The zero-order valence-corrected chi connectivity index (χ0v) is 19.0. The molecule has 5 rings (SSSR count). The minimum atomic E-state index is -0.280. The van der Waals surface area contributed by atoms with Crippen LogP contribution in [-0.2, 0) is 28.1 Å². The summed E-state index contributed by atoms with van der Waals surface area (Å²) in [6, 6.07) is 8.09. The maximum Gasteiger partial charge on any atom is 0.219 e. The van der Waals surface area contributed by atoms with Gasteiger partial charge in [0.2, 0.25) is 5.91 Å². The van der Waals surface area contributed by atoms with Gasteiger partial charge in [-0.15, -0.1) is 0 Å². The van der Waals surface area contributed by atoms with Crippen molar-refractivity contribution in [2.75, 3.05) is 26.7 Å². The number of fused-ring (bicyclic) bond motifs is 4. The fraction of sp³-hybridized carbons (Fsp3) is 0.600. The number of hydrogen-bond acceptors (Lipinski definition) is 4. The molecule has 2 unspecified atom stereocenters. The Balaban J connectivity index is 1.35. The smallest absolute Gasteiger partial charge is 0.219 e. The van der Waals surface area contributed by atoms with Crippen molar-refractivity contribution in [2.24, 2.45) is 5.92 Å². The second-order valence-electron chi connectivity index (χ2n) is 9.88. The summed E-state index contributed by atoms with van der Waals surface area (Å²) in [6.07, 6.45) is 8.84. The molecule has 32 heavy (non-hydrogen) atoms. The first-order valence-electron chi connectivity index (χ1n) is 11.8. The third-order valence-electron chi connectivity index (χ3n) is 7.75. The Hall–Kier alpha value is -2.25. The van der Waals surface area contributed by atoms with E-state index in [1.807, 2.05) is 35.0 Å². The number of halogens is 1. The molecule has 4 atom stereocenters. The van der Waals surface area contributed by atoms with Gasteiger partial charge in [-0.25, -0.2) is 4.39 Å². The second-order valence-corrected chi connectivity index (χ2v) is 9.88. The van der Waals surface area contributed by atoms with E-state index < -0.39 is 0 Å². The summed E-state index contributed by atoms with van der Waals surface area (Å²) < 4.78 is 22.3. The Kier molecular flexibility index (Phi) is 5.80. The van der Waals surface area contributed by atoms with Crippen LogP contribution in [0.4, 0.5) is 4.39 Å². The van der Waals surface area contributed by atoms with Crippen LogP contribution in [0.3, 0.4) is 0 Å². The van der Waals surface area contributed by atoms with Crippen molar-refractivity contribution in [3.05, 3.63) is 53.6 Å². The molecule has 1 amide bonds. The molecule has 0 N–H and O–H groups in total. The van der Waals surface area contributed by atoms with E-state index in [9.17, 15) is 9.18 Å². The van der Waals surface area contributed by atoms with E-state index >= 15 is 0 Å². The van der Waals surface area contributed by atoms with Gasteiger partial charge >= 0.3 is 0 Å². The average molecular weight is 441 g/mol. The van der Waals surface area contributed by atoms with Crippen LogP contribution in [0.25, 0.3) is 0 Å². The fourth-order valence-electron chi connectivity index (χ4n) is 6.24. The van der Waals surface area contributed by atoms with Crippen LogP contribution in [-0.4, -0.2) is 64.3 Å². The molecular weight excluding hydrogens is 407 g/mol. The third kappa shape index (κ3) is 4.08. The molecule has 1 aromatic carbocycles. The number of carbonyl (C=O) groups excluding carboxylic acids is 1. The molecule has 3 aliphatic rings. The SMILES string of the molecule is CC(=O)N(C)CC(CN1[C@@H]2CC[C@H]1CC1(C2)OCCc2cc(F)ccc21)Cn1cccn1. The summed E-state index contributed by atoms with van der Waals surface area (Å²) in [5.74, 6) is 0.238. The lowest BCUT2D eigenvalue weighted by Crippen LogP contribution is -2.54. The predicted molar refractivity (Wildman–Crippen MR) is 120 cm³/mol. The summed E-state index contributed by atoms with van der Waals surface area (Å²) in [5.41, 5.74) is 2.03. The van der Waals surface area contributed by atoms with Gasteiger partial charge in [-0.1, -0.05) is 6.07 Å². The van der Waals surface area contributed by atoms with E-state index in [0.717, 1.165) is 44.5 Å². The van der Waals surface area contributed by atoms with Crippen molar-refractivity contribution in [3.8, 4) is 0 Å². The summed E-state index contributed by atoms with van der Waals surface area (Å²) >= 11 is 0. The molecule has 2 bridgehead atoms. The number of carbonyl (C=O) groups is 1. The standard InChI is InChI=1S/C25H33FN4O2/c1-18(31)28(2)15-19(16-29-10-3-9-27-29)17-30-22-5-6-23(30)14-25(13-22)24-7-4-21(26)12-20(24)8-11-32-25/h3-4,7,9-10,12,19,22-23H,5-6,8,11,13-17H2,1-2H3/t19?,22-,23+,25?. The highest BCUT2D eigenvalue weighted by atomic mass is 19.1. The van der Waals surface area contributed by atoms with E-state index in [2.05, 4.69) is 10.00 Å². The number of nitrogens with zero attached hydrogens (tertiary/aromatic N) is 4. The number of rotatable bonds is 6. The molecule has 6 nitrogen and oxygen atoms in total. The molecule has 1 spiro atoms. The molecule has 4 heterocycles. The van der Waals surface area contributed by atoms with Gasteiger partial charge in [0, 0.05) is 64.0 Å². The van der Waals surface area contributed by atoms with Gasteiger partial charge in [-0.05, 0) is 61.4 Å². The minimum Gasteiger partial charge on any atom is -0.370 e. The van der Waals surface area contributed by atoms with Crippen LogP contribution in [0.2, 0.25) is 0 Å². The van der Waals surface area contributed by atoms with E-state index in [1.165, 1.54) is 18.4 Å². The summed E-state index contributed by atoms with van der Waals surface area (Å²) in [4.78, 5) is 16.4. The Morgan fingerprint density at radius 2 is 2.09 bits per heavy atom. The molecule has 0 radical (unpaired) electrons. The Morgan fingerprint density at radius 1 is 1.31 bits per heavy atom. The van der Waals surface area contributed by atoms with Crippen LogP contribution >= 0.6 is 0 Å². The molecule has 0 saturated carbocycles. The fourth-order valence-corrected chi connectivity index (χ4v) is 6.24. The molecule has 2 fully saturated rings. The van der Waals surface area contributed by atoms with Crippen molar-refractivity contribution >= 4 is 5.91 Å². The highest BCUT2D eigenvalue weighted by molar-refractivity contribution is 5.72. The van der Waals surface area contributed by atoms with Gasteiger partial charge < -0.3 is 9.64 Å². The van der Waals surface area contributed by atoms with Crippen molar-refractivity contribution in [3.63, 3.8) is 0 Å². The molecule has 1 aromatic heterocycles. The third-order valence-corrected chi connectivity index (χ3v) is 7.75. The quantitative estimate of drug-likeness (QED) is 0.692. The highest BCUT2D eigenvalue weighted by Gasteiger charge is 2.51. The first-order chi connectivity index (χ1) is 15.4. The monoisotopic (exact) mass is 440 g/mol. The molecule has 2 saturated heterocycles. The number of ether oxygens (including phenoxy) is 1. The molecule has 7 heteroatoms. The first-order valence-corrected chi connectivity index (χ1v) is 11.8. The van der Waals surface area contributed by atoms with Crippen LogP contribution in [0.1, 0.15) is 43.7 Å². The lowest BCUT2D eigenvalue weighted by molar-refractivity contribution is -0.129. The Morgan fingerprint density at radius 3 is 2.78 bits per heavy atom. The van der Waals surface area contributed by atoms with Crippen LogP contribution < -0.4 is 0 Å². The topological polar surface area (TPSA) is 50.6 Å². The number of hydrogen-bond donors (Lipinski definition) is 0. The number of amides is 1. The maximum absolute atomic E-state index is 13.9. The van der Waals surface area contributed by atoms with Crippen molar-refractivity contribution in [2.45, 2.75) is 63.3 Å². The predicted octanol–water partition coefficient (Wildman–Crippen LogP) is 3.21. The Labute approximate surface area is 189 Å². The summed E-state index contributed by atoms with van der Waals surface area (Å²) in [7, 11) is 1.88. The number of benzene rings is 1. The van der Waals surface area contributed by atoms with Gasteiger partial charge in [-0.2, -0.15) is 5.10 Å². The van der Waals surface area contributed by atoms with Crippen molar-refractivity contribution < 1.29 is 13.9 Å². The van der Waals surface area contributed by atoms with Gasteiger partial charge in [0.05, 0.1) is 12.2 Å². The minimum absolute atomic E-state index is 0.0930. The van der Waals surface area contributed by atoms with Crippen LogP contribution in [0, 0.1) is 11.7 Å². The molecule has 2 aromatic rings. The molecular formula is C25H33FN4O2. The summed E-state index contributed by atoms with van der Waals surface area (Å²) in [5, 5.41) is 4.40. The van der Waals surface area contributed by atoms with Crippen molar-refractivity contribution in [1.82, 2.24) is 19.6 Å². The highest BCUT2D eigenvalue weighted by Crippen LogP contribution is 2.50. The van der Waals surface area contributed by atoms with Gasteiger partial charge in [-0.3, -0.25) is 14.4 Å². The lowest BCUT2D eigenvalue weighted by atomic mass is 9.76. The van der Waals surface area contributed by atoms with E-state index in [4.69, 9.17) is 4.74 Å². The van der Waals surface area contributed by atoms with E-state index in [0.29, 0.717) is 24.6 Å². The van der Waals surface area contributed by atoms with E-state index in [-0.39, 0.29) is 17.3 Å². The normalized spacial score (nSPS) is 28.0. The van der Waals surface area contributed by atoms with Crippen molar-refractivity contribution in [1.29, 1.82) is 0 Å². The molecule has 172 valence electrons. The average Bonchev–Trinajstić information content (AvgIpc) is 3.34. The van der Waals surface area contributed by atoms with Crippen LogP contribution in [0.15, 0.2) is 36.7 Å². The number of piperidine rings is 1. The largest absolute Gasteiger partial charge is 0.370 e. The van der Waals surface area contributed by atoms with Gasteiger partial charge in [0.1, 0.15) is 5.82 Å². The van der Waals surface area contributed by atoms with Crippen LogP contribution in [0.5, 0.6) is 0 Å².